The van der Waals surface area contributed by atoms with E-state index in [9.17, 15) is 14.0 Å². The summed E-state index contributed by atoms with van der Waals surface area (Å²) in [6.45, 7) is 5.49. The van der Waals surface area contributed by atoms with Crippen molar-refractivity contribution in [3.8, 4) is 5.75 Å². The summed E-state index contributed by atoms with van der Waals surface area (Å²) < 4.78 is 18.6. The van der Waals surface area contributed by atoms with E-state index in [2.05, 4.69) is 0 Å². The fourth-order valence-electron chi connectivity index (χ4n) is 1.62. The number of rotatable bonds is 2. The van der Waals surface area contributed by atoms with E-state index in [-0.39, 0.29) is 28.0 Å². The average molecular weight is 240 g/mol. The van der Waals surface area contributed by atoms with Crippen molar-refractivity contribution in [1.29, 1.82) is 0 Å². The Labute approximate surface area is 98.0 Å². The Balaban J connectivity index is 3.65. The molecule has 0 spiro atoms. The smallest absolute Gasteiger partial charge is 0.339 e. The molecule has 0 aliphatic carbocycles. The lowest BCUT2D eigenvalue weighted by Crippen LogP contribution is -2.13. The van der Waals surface area contributed by atoms with Gasteiger partial charge in [-0.2, -0.15) is 0 Å². The molecule has 1 rings (SSSR count). The summed E-state index contributed by atoms with van der Waals surface area (Å²) in [6, 6.07) is 0. The number of carboxylic acid groups (broad SMARTS) is 1. The van der Waals surface area contributed by atoms with Crippen LogP contribution in [0.25, 0.3) is 0 Å². The predicted octanol–water partition coefficient (Wildman–Crippen LogP) is 2.37. The number of esters is 1. The second-order valence-electron chi connectivity index (χ2n) is 3.79. The van der Waals surface area contributed by atoms with Crippen LogP contribution in [-0.4, -0.2) is 17.0 Å². The molecule has 0 unspecified atom stereocenters. The van der Waals surface area contributed by atoms with Crippen molar-refractivity contribution in [3.63, 3.8) is 0 Å². The topological polar surface area (TPSA) is 63.6 Å². The second-order valence-corrected chi connectivity index (χ2v) is 3.79. The Bertz CT molecular complexity index is 506. The summed E-state index contributed by atoms with van der Waals surface area (Å²) in [6.07, 6.45) is 0. The third-order valence-electron chi connectivity index (χ3n) is 2.62. The van der Waals surface area contributed by atoms with Crippen molar-refractivity contribution in [2.24, 2.45) is 0 Å². The van der Waals surface area contributed by atoms with Crippen LogP contribution in [0.5, 0.6) is 5.75 Å². The molecule has 0 radical (unpaired) electrons. The number of carbonyl (C=O) groups excluding carboxylic acids is 1. The van der Waals surface area contributed by atoms with Crippen LogP contribution in [0.4, 0.5) is 4.39 Å². The van der Waals surface area contributed by atoms with Gasteiger partial charge in [0.2, 0.25) is 0 Å². The standard InChI is InChI=1S/C12H13FO4/c1-5-6(2)10(13)7(3)11(17-8(4)14)9(5)12(15)16/h1-4H3,(H,15,16). The van der Waals surface area contributed by atoms with Crippen LogP contribution in [0.3, 0.4) is 0 Å². The molecule has 1 N–H and O–H groups in total. The SMILES string of the molecule is CC(=O)Oc1c(C)c(F)c(C)c(C)c1C(=O)O. The third kappa shape index (κ3) is 2.27. The maximum Gasteiger partial charge on any atom is 0.339 e. The molecule has 0 aliphatic heterocycles. The number of halogens is 1. The molecule has 1 aromatic carbocycles. The first-order chi connectivity index (χ1) is 7.77. The maximum atomic E-state index is 13.8. The highest BCUT2D eigenvalue weighted by atomic mass is 19.1. The molecule has 0 aromatic heterocycles. The van der Waals surface area contributed by atoms with Crippen molar-refractivity contribution in [1.82, 2.24) is 0 Å². The lowest BCUT2D eigenvalue weighted by atomic mass is 9.97. The summed E-state index contributed by atoms with van der Waals surface area (Å²) >= 11 is 0. The van der Waals surface area contributed by atoms with Crippen LogP contribution < -0.4 is 4.74 Å². The van der Waals surface area contributed by atoms with Crippen LogP contribution in [0, 0.1) is 26.6 Å². The first-order valence-corrected chi connectivity index (χ1v) is 4.98. The normalized spacial score (nSPS) is 10.2. The molecule has 17 heavy (non-hydrogen) atoms. The molecule has 4 nitrogen and oxygen atoms in total. The van der Waals surface area contributed by atoms with Crippen LogP contribution in [-0.2, 0) is 4.79 Å². The predicted molar refractivity (Wildman–Crippen MR) is 58.9 cm³/mol. The minimum atomic E-state index is -1.25. The fourth-order valence-corrected chi connectivity index (χ4v) is 1.62. The number of hydrogen-bond donors (Lipinski definition) is 1. The van der Waals surface area contributed by atoms with Gasteiger partial charge in [0.1, 0.15) is 11.4 Å². The zero-order chi connectivity index (χ0) is 13.3. The Morgan fingerprint density at radius 1 is 1.12 bits per heavy atom. The van der Waals surface area contributed by atoms with E-state index in [0.29, 0.717) is 0 Å². The average Bonchev–Trinajstić information content (AvgIpc) is 2.22. The van der Waals surface area contributed by atoms with Crippen molar-refractivity contribution in [2.45, 2.75) is 27.7 Å². The van der Waals surface area contributed by atoms with Crippen LogP contribution in [0.1, 0.15) is 34.0 Å². The van der Waals surface area contributed by atoms with Gasteiger partial charge in [-0.3, -0.25) is 4.79 Å². The lowest BCUT2D eigenvalue weighted by molar-refractivity contribution is -0.131. The van der Waals surface area contributed by atoms with Gasteiger partial charge < -0.3 is 9.84 Å². The van der Waals surface area contributed by atoms with E-state index in [1.165, 1.54) is 20.8 Å². The van der Waals surface area contributed by atoms with E-state index < -0.39 is 17.8 Å². The van der Waals surface area contributed by atoms with Crippen LogP contribution >= 0.6 is 0 Å². The van der Waals surface area contributed by atoms with Gasteiger partial charge in [-0.25, -0.2) is 9.18 Å². The molecular formula is C12H13FO4. The van der Waals surface area contributed by atoms with Gasteiger partial charge >= 0.3 is 11.9 Å². The Hall–Kier alpha value is -1.91. The Kier molecular flexibility index (Phi) is 3.50. The zero-order valence-corrected chi connectivity index (χ0v) is 10.0. The molecule has 0 amide bonds. The first-order valence-electron chi connectivity index (χ1n) is 4.98. The maximum absolute atomic E-state index is 13.8. The number of hydrogen-bond acceptors (Lipinski definition) is 3. The van der Waals surface area contributed by atoms with Crippen LogP contribution in [0.15, 0.2) is 0 Å². The van der Waals surface area contributed by atoms with E-state index in [1.807, 2.05) is 0 Å². The number of aromatic carboxylic acids is 1. The molecule has 92 valence electrons. The number of benzene rings is 1. The van der Waals surface area contributed by atoms with Gasteiger partial charge in [0.25, 0.3) is 0 Å². The summed E-state index contributed by atoms with van der Waals surface area (Å²) in [5.74, 6) is -2.70. The molecule has 0 saturated heterocycles. The van der Waals surface area contributed by atoms with Crippen molar-refractivity contribution in [3.05, 3.63) is 28.1 Å². The quantitative estimate of drug-likeness (QED) is 0.636. The van der Waals surface area contributed by atoms with E-state index in [4.69, 9.17) is 9.84 Å². The molecule has 1 aromatic rings. The number of carbonyl (C=O) groups is 2. The van der Waals surface area contributed by atoms with E-state index >= 15 is 0 Å². The van der Waals surface area contributed by atoms with Gasteiger partial charge in [-0.1, -0.05) is 0 Å². The highest BCUT2D eigenvalue weighted by Crippen LogP contribution is 2.32. The Morgan fingerprint density at radius 3 is 2.06 bits per heavy atom. The lowest BCUT2D eigenvalue weighted by Gasteiger charge is -2.15. The molecule has 0 saturated carbocycles. The molecule has 0 bridgehead atoms. The summed E-state index contributed by atoms with van der Waals surface area (Å²) in [5.41, 5.74) is 0.366. The molecule has 0 aliphatic rings. The number of ether oxygens (including phenoxy) is 1. The fraction of sp³-hybridized carbons (Fsp3) is 0.333. The number of carboxylic acids is 1. The Morgan fingerprint density at radius 2 is 1.65 bits per heavy atom. The van der Waals surface area contributed by atoms with Crippen LogP contribution in [0.2, 0.25) is 0 Å². The second kappa shape index (κ2) is 4.53. The molecule has 0 atom stereocenters. The van der Waals surface area contributed by atoms with Crippen molar-refractivity contribution in [2.75, 3.05) is 0 Å². The summed E-state index contributed by atoms with van der Waals surface area (Å²) in [4.78, 5) is 22.0. The third-order valence-corrected chi connectivity index (χ3v) is 2.62. The van der Waals surface area contributed by atoms with Gasteiger partial charge in [-0.05, 0) is 31.9 Å². The van der Waals surface area contributed by atoms with E-state index in [0.717, 1.165) is 6.92 Å². The van der Waals surface area contributed by atoms with Gasteiger partial charge in [0.05, 0.1) is 0 Å². The van der Waals surface area contributed by atoms with E-state index in [1.54, 1.807) is 0 Å². The zero-order valence-electron chi connectivity index (χ0n) is 10.0. The molecule has 0 fully saturated rings. The highest BCUT2D eigenvalue weighted by molar-refractivity contribution is 5.94. The highest BCUT2D eigenvalue weighted by Gasteiger charge is 2.24. The molecule has 0 heterocycles. The van der Waals surface area contributed by atoms with Gasteiger partial charge in [0.15, 0.2) is 5.75 Å². The van der Waals surface area contributed by atoms with Crippen molar-refractivity contribution >= 4 is 11.9 Å². The molecular weight excluding hydrogens is 227 g/mol. The summed E-state index contributed by atoms with van der Waals surface area (Å²) in [5, 5.41) is 9.09. The monoisotopic (exact) mass is 240 g/mol. The van der Waals surface area contributed by atoms with Crippen molar-refractivity contribution < 1.29 is 23.8 Å². The van der Waals surface area contributed by atoms with Gasteiger partial charge in [0, 0.05) is 12.5 Å². The molecule has 5 heteroatoms. The van der Waals surface area contributed by atoms with Gasteiger partial charge in [-0.15, -0.1) is 0 Å². The first kappa shape index (κ1) is 13.2. The summed E-state index contributed by atoms with van der Waals surface area (Å²) in [7, 11) is 0. The largest absolute Gasteiger partial charge is 0.478 e. The minimum absolute atomic E-state index is 0.0284. The minimum Gasteiger partial charge on any atom is -0.478 e.